The van der Waals surface area contributed by atoms with Gasteiger partial charge in [0.1, 0.15) is 10.9 Å². The summed E-state index contributed by atoms with van der Waals surface area (Å²) in [5, 5.41) is 3.05. The molecule has 0 unspecified atom stereocenters. The van der Waals surface area contributed by atoms with E-state index in [9.17, 15) is 13.2 Å². The lowest BCUT2D eigenvalue weighted by Gasteiger charge is -2.29. The van der Waals surface area contributed by atoms with Gasteiger partial charge in [-0.25, -0.2) is 0 Å². The number of rotatable bonds is 3. The average Bonchev–Trinajstić information content (AvgIpc) is 3.39. The minimum absolute atomic E-state index is 0.144. The fourth-order valence-corrected chi connectivity index (χ4v) is 5.83. The third kappa shape index (κ3) is 3.75. The number of nitrogens with one attached hydrogen (secondary N) is 1. The highest BCUT2D eigenvalue weighted by atomic mass is 32.2. The zero-order chi connectivity index (χ0) is 22.3. The summed E-state index contributed by atoms with van der Waals surface area (Å²) in [5.74, 6) is 0.229. The number of amides is 1. The summed E-state index contributed by atoms with van der Waals surface area (Å²) in [4.78, 5) is 17.5. The van der Waals surface area contributed by atoms with Gasteiger partial charge in [-0.1, -0.05) is 12.1 Å². The second-order valence-electron chi connectivity index (χ2n) is 8.33. The predicted molar refractivity (Wildman–Crippen MR) is 123 cm³/mol. The van der Waals surface area contributed by atoms with Crippen LogP contribution >= 0.6 is 0 Å². The van der Waals surface area contributed by atoms with E-state index in [0.717, 1.165) is 49.7 Å². The van der Waals surface area contributed by atoms with Crippen molar-refractivity contribution in [3.05, 3.63) is 53.6 Å². The number of likely N-dealkylation sites (tertiary alicyclic amines) is 1. The molecule has 0 bridgehead atoms. The van der Waals surface area contributed by atoms with Crippen LogP contribution in [0.15, 0.2) is 51.8 Å². The zero-order valence-electron chi connectivity index (χ0n) is 18.0. The van der Waals surface area contributed by atoms with Crippen LogP contribution in [0.1, 0.15) is 24.0 Å². The van der Waals surface area contributed by atoms with Crippen molar-refractivity contribution in [2.24, 2.45) is 4.40 Å². The molecule has 0 spiro atoms. The number of nitrogens with zero attached hydrogens (tertiary/aromatic N) is 3. The molecule has 32 heavy (non-hydrogen) atoms. The maximum Gasteiger partial charge on any atom is 0.285 e. The van der Waals surface area contributed by atoms with Crippen molar-refractivity contribution in [2.75, 3.05) is 43.1 Å². The van der Waals surface area contributed by atoms with E-state index in [1.807, 2.05) is 24.0 Å². The van der Waals surface area contributed by atoms with Crippen LogP contribution in [0.3, 0.4) is 0 Å². The molecule has 2 saturated heterocycles. The second kappa shape index (κ2) is 8.22. The number of benzene rings is 2. The maximum absolute atomic E-state index is 13.2. The van der Waals surface area contributed by atoms with Crippen LogP contribution in [0.2, 0.25) is 0 Å². The number of amidine groups is 1. The summed E-state index contributed by atoms with van der Waals surface area (Å²) in [6.07, 6.45) is 1.45. The molecule has 1 amide bonds. The number of carbonyl (C=O) groups is 1. The van der Waals surface area contributed by atoms with E-state index in [2.05, 4.69) is 20.7 Å². The Bertz CT molecular complexity index is 1190. The number of morpholine rings is 1. The fraction of sp³-hybridized carbons (Fsp3) is 0.391. The Hall–Kier alpha value is -2.91. The van der Waals surface area contributed by atoms with Crippen molar-refractivity contribution >= 4 is 33.1 Å². The first-order valence-corrected chi connectivity index (χ1v) is 12.3. The minimum atomic E-state index is -3.72. The molecule has 8 nitrogen and oxygen atoms in total. The lowest BCUT2D eigenvalue weighted by atomic mass is 10.1. The van der Waals surface area contributed by atoms with Crippen molar-refractivity contribution in [3.8, 4) is 0 Å². The highest BCUT2D eigenvalue weighted by Gasteiger charge is 2.39. The molecule has 9 heteroatoms. The molecule has 1 atom stereocenters. The van der Waals surface area contributed by atoms with E-state index in [0.29, 0.717) is 24.4 Å². The Morgan fingerprint density at radius 3 is 2.69 bits per heavy atom. The van der Waals surface area contributed by atoms with Crippen LogP contribution in [-0.4, -0.2) is 64.0 Å². The first kappa shape index (κ1) is 21.0. The van der Waals surface area contributed by atoms with Gasteiger partial charge in [-0.3, -0.25) is 4.79 Å². The first-order chi connectivity index (χ1) is 15.4. The molecule has 1 N–H and O–H groups in total. The summed E-state index contributed by atoms with van der Waals surface area (Å²) in [7, 11) is -3.72. The highest BCUT2D eigenvalue weighted by Crippen LogP contribution is 2.32. The molecule has 0 radical (unpaired) electrons. The van der Waals surface area contributed by atoms with Gasteiger partial charge in [-0.15, -0.1) is 4.40 Å². The molecule has 2 aromatic rings. The van der Waals surface area contributed by atoms with Crippen LogP contribution in [-0.2, 0) is 19.6 Å². The van der Waals surface area contributed by atoms with Crippen molar-refractivity contribution in [1.29, 1.82) is 0 Å². The van der Waals surface area contributed by atoms with Gasteiger partial charge in [0.2, 0.25) is 5.91 Å². The normalized spacial score (nSPS) is 21.9. The molecule has 2 fully saturated rings. The Morgan fingerprint density at radius 2 is 1.91 bits per heavy atom. The Labute approximate surface area is 187 Å². The third-order valence-corrected chi connectivity index (χ3v) is 7.61. The van der Waals surface area contributed by atoms with Gasteiger partial charge in [0, 0.05) is 36.6 Å². The topological polar surface area (TPSA) is 91.3 Å². The molecule has 3 aliphatic rings. The molecular formula is C23H26N4O4S. The van der Waals surface area contributed by atoms with Gasteiger partial charge in [-0.2, -0.15) is 8.42 Å². The molecule has 168 valence electrons. The van der Waals surface area contributed by atoms with Crippen LogP contribution in [0, 0.1) is 6.92 Å². The molecule has 3 heterocycles. The monoisotopic (exact) mass is 454 g/mol. The Morgan fingerprint density at radius 1 is 1.12 bits per heavy atom. The number of hydrogen-bond acceptors (Lipinski definition) is 6. The summed E-state index contributed by atoms with van der Waals surface area (Å²) >= 11 is 0. The van der Waals surface area contributed by atoms with Crippen LogP contribution in [0.5, 0.6) is 0 Å². The van der Waals surface area contributed by atoms with Crippen molar-refractivity contribution in [2.45, 2.75) is 30.7 Å². The minimum Gasteiger partial charge on any atom is -0.378 e. The average molecular weight is 455 g/mol. The number of aryl methyl sites for hydroxylation is 1. The molecule has 0 saturated carbocycles. The van der Waals surface area contributed by atoms with E-state index in [-0.39, 0.29) is 10.8 Å². The van der Waals surface area contributed by atoms with Gasteiger partial charge in [0.05, 0.1) is 13.2 Å². The largest absolute Gasteiger partial charge is 0.378 e. The maximum atomic E-state index is 13.2. The number of hydrogen-bond donors (Lipinski definition) is 1. The standard InChI is InChI=1S/C23H26N4O4S/c1-16-15-17(26-11-13-31-14-12-26)8-9-19(16)24-23(28)20-6-4-10-27(20)22-18-5-2-3-7-21(18)32(29,30)25-22/h2-3,5,7-9,15,20H,4,6,10-14H2,1H3,(H,24,28)/t20-/m0/s1. The number of carbonyl (C=O) groups excluding carboxylic acids is 1. The zero-order valence-corrected chi connectivity index (χ0v) is 18.8. The highest BCUT2D eigenvalue weighted by molar-refractivity contribution is 7.90. The van der Waals surface area contributed by atoms with E-state index in [4.69, 9.17) is 4.74 Å². The number of anilines is 2. The van der Waals surface area contributed by atoms with Crippen molar-refractivity contribution in [1.82, 2.24) is 4.90 Å². The molecule has 2 aromatic carbocycles. The van der Waals surface area contributed by atoms with Gasteiger partial charge < -0.3 is 19.9 Å². The van der Waals surface area contributed by atoms with E-state index >= 15 is 0 Å². The third-order valence-electron chi connectivity index (χ3n) is 6.28. The van der Waals surface area contributed by atoms with E-state index in [1.165, 1.54) is 0 Å². The van der Waals surface area contributed by atoms with Crippen LogP contribution < -0.4 is 10.2 Å². The summed E-state index contributed by atoms with van der Waals surface area (Å²) in [6.45, 7) is 5.73. The second-order valence-corrected chi connectivity index (χ2v) is 9.90. The predicted octanol–water partition coefficient (Wildman–Crippen LogP) is 2.38. The fourth-order valence-electron chi connectivity index (χ4n) is 4.61. The molecule has 5 rings (SSSR count). The SMILES string of the molecule is Cc1cc(N2CCOCC2)ccc1NC(=O)[C@@H]1CCCN1C1=NS(=O)(=O)c2ccccc21. The van der Waals surface area contributed by atoms with Crippen LogP contribution in [0.4, 0.5) is 11.4 Å². The first-order valence-electron chi connectivity index (χ1n) is 10.9. The lowest BCUT2D eigenvalue weighted by Crippen LogP contribution is -2.43. The van der Waals surface area contributed by atoms with Gasteiger partial charge in [0.25, 0.3) is 10.0 Å². The van der Waals surface area contributed by atoms with Crippen molar-refractivity contribution in [3.63, 3.8) is 0 Å². The number of ether oxygens (including phenoxy) is 1. The van der Waals surface area contributed by atoms with Gasteiger partial charge in [-0.05, 0) is 55.7 Å². The Balaban J connectivity index is 1.35. The Kier molecular flexibility index (Phi) is 5.38. The molecule has 0 aliphatic carbocycles. The van der Waals surface area contributed by atoms with E-state index < -0.39 is 16.1 Å². The molecule has 3 aliphatic heterocycles. The quantitative estimate of drug-likeness (QED) is 0.766. The molecular weight excluding hydrogens is 428 g/mol. The van der Waals surface area contributed by atoms with E-state index in [1.54, 1.807) is 24.3 Å². The number of sulfonamides is 1. The summed E-state index contributed by atoms with van der Waals surface area (Å²) in [6, 6.07) is 12.4. The number of fused-ring (bicyclic) bond motifs is 1. The van der Waals surface area contributed by atoms with Crippen LogP contribution in [0.25, 0.3) is 0 Å². The summed E-state index contributed by atoms with van der Waals surface area (Å²) in [5.41, 5.74) is 3.44. The smallest absolute Gasteiger partial charge is 0.285 e. The summed E-state index contributed by atoms with van der Waals surface area (Å²) < 4.78 is 34.4. The van der Waals surface area contributed by atoms with Crippen molar-refractivity contribution < 1.29 is 17.9 Å². The lowest BCUT2D eigenvalue weighted by molar-refractivity contribution is -0.119. The van der Waals surface area contributed by atoms with Gasteiger partial charge in [0.15, 0.2) is 5.84 Å². The molecule has 0 aromatic heterocycles. The van der Waals surface area contributed by atoms with Gasteiger partial charge >= 0.3 is 0 Å².